The molecule has 1 N–H and O–H groups in total. The molecule has 8 nitrogen and oxygen atoms in total. The van der Waals surface area contributed by atoms with Crippen LogP contribution in [0.2, 0.25) is 0 Å². The molecule has 0 unspecified atom stereocenters. The zero-order valence-corrected chi connectivity index (χ0v) is 12.9. The van der Waals surface area contributed by atoms with Crippen LogP contribution < -0.4 is 0 Å². The predicted octanol–water partition coefficient (Wildman–Crippen LogP) is -0.193. The molecule has 0 saturated heterocycles. The van der Waals surface area contributed by atoms with Crippen molar-refractivity contribution >= 4 is 27.7 Å². The normalized spacial score (nSPS) is 19.0. The number of carboxylic acid groups (broad SMARTS) is 1. The van der Waals surface area contributed by atoms with E-state index in [-0.39, 0.29) is 37.0 Å². The summed E-state index contributed by atoms with van der Waals surface area (Å²) in [5, 5.41) is 8.71. The monoisotopic (exact) mass is 327 g/mol. The number of hydrogen-bond donors (Lipinski definition) is 1. The maximum absolute atomic E-state index is 12.4. The van der Waals surface area contributed by atoms with Gasteiger partial charge < -0.3 is 14.9 Å². The number of carboxylic acids is 1. The minimum atomic E-state index is -3.42. The van der Waals surface area contributed by atoms with E-state index in [1.54, 1.807) is 18.0 Å². The van der Waals surface area contributed by atoms with Gasteiger partial charge in [0.15, 0.2) is 0 Å². The zero-order valence-electron chi connectivity index (χ0n) is 12.1. The Bertz CT molecular complexity index is 678. The fourth-order valence-electron chi connectivity index (χ4n) is 2.14. The van der Waals surface area contributed by atoms with Gasteiger partial charge in [-0.15, -0.1) is 4.40 Å². The van der Waals surface area contributed by atoms with Crippen molar-refractivity contribution in [3.05, 3.63) is 23.9 Å². The van der Waals surface area contributed by atoms with Crippen LogP contribution in [0.25, 0.3) is 0 Å². The number of amides is 1. The topological polar surface area (TPSA) is 107 Å². The molecule has 0 fully saturated rings. The van der Waals surface area contributed by atoms with Gasteiger partial charge in [-0.05, 0) is 19.1 Å². The number of fused-ring (bicyclic) bond motifs is 1. The second-order valence-corrected chi connectivity index (χ2v) is 6.63. The molecule has 1 amide bonds. The molecule has 9 heteroatoms. The minimum Gasteiger partial charge on any atom is -0.481 e. The minimum absolute atomic E-state index is 0.0984. The van der Waals surface area contributed by atoms with Crippen molar-refractivity contribution < 1.29 is 23.1 Å². The molecule has 22 heavy (non-hydrogen) atoms. The summed E-state index contributed by atoms with van der Waals surface area (Å²) in [4.78, 5) is 26.0. The number of likely N-dealkylation sites (N-methyl/N-ethyl adjacent to an activating group) is 1. The van der Waals surface area contributed by atoms with Gasteiger partial charge in [0, 0.05) is 25.8 Å². The van der Waals surface area contributed by atoms with Gasteiger partial charge in [-0.3, -0.25) is 9.59 Å². The molecule has 0 aromatic rings. The van der Waals surface area contributed by atoms with Gasteiger partial charge >= 0.3 is 5.97 Å². The van der Waals surface area contributed by atoms with E-state index in [2.05, 4.69) is 4.40 Å². The molecular formula is C13H17N3O5S. The number of sulfonamides is 1. The summed E-state index contributed by atoms with van der Waals surface area (Å²) < 4.78 is 26.5. The number of nitrogens with zero attached hydrogens (tertiary/aromatic N) is 3. The molecule has 0 spiro atoms. The molecule has 0 aromatic carbocycles. The van der Waals surface area contributed by atoms with E-state index in [1.807, 2.05) is 0 Å². The first-order chi connectivity index (χ1) is 10.3. The third-order valence-corrected chi connectivity index (χ3v) is 4.50. The van der Waals surface area contributed by atoms with Crippen molar-refractivity contribution in [2.24, 2.45) is 4.40 Å². The highest BCUT2D eigenvalue weighted by Gasteiger charge is 2.26. The first-order valence-corrected chi connectivity index (χ1v) is 8.43. The molecule has 2 heterocycles. The maximum Gasteiger partial charge on any atom is 0.305 e. The van der Waals surface area contributed by atoms with Crippen LogP contribution in [0.1, 0.15) is 13.3 Å². The van der Waals surface area contributed by atoms with Gasteiger partial charge in [0.05, 0.1) is 17.7 Å². The van der Waals surface area contributed by atoms with Gasteiger partial charge in [0.1, 0.15) is 5.84 Å². The van der Waals surface area contributed by atoms with E-state index in [4.69, 9.17) is 5.11 Å². The summed E-state index contributed by atoms with van der Waals surface area (Å²) in [7, 11) is -3.42. The third kappa shape index (κ3) is 3.73. The van der Waals surface area contributed by atoms with Crippen molar-refractivity contribution in [1.82, 2.24) is 9.80 Å². The number of amidine groups is 1. The Morgan fingerprint density at radius 2 is 2.14 bits per heavy atom. The molecule has 2 aliphatic heterocycles. The van der Waals surface area contributed by atoms with Crippen LogP contribution in [-0.4, -0.2) is 66.4 Å². The highest BCUT2D eigenvalue weighted by atomic mass is 32.2. The molecule has 0 radical (unpaired) electrons. The largest absolute Gasteiger partial charge is 0.481 e. The van der Waals surface area contributed by atoms with Crippen LogP contribution in [0.15, 0.2) is 28.3 Å². The SMILES string of the molecule is CCN(CCC(=O)O)C(=O)C1=CN2CCS(=O)(=O)N=C2C=C1. The average Bonchev–Trinajstić information content (AvgIpc) is 2.46. The van der Waals surface area contributed by atoms with Crippen LogP contribution in [0.5, 0.6) is 0 Å². The smallest absolute Gasteiger partial charge is 0.305 e. The van der Waals surface area contributed by atoms with E-state index < -0.39 is 16.0 Å². The molecule has 2 aliphatic rings. The van der Waals surface area contributed by atoms with E-state index in [0.29, 0.717) is 12.1 Å². The molecular weight excluding hydrogens is 310 g/mol. The second kappa shape index (κ2) is 6.30. The number of carbonyl (C=O) groups is 2. The Morgan fingerprint density at radius 3 is 2.77 bits per heavy atom. The first-order valence-electron chi connectivity index (χ1n) is 6.82. The fourth-order valence-corrected chi connectivity index (χ4v) is 3.11. The molecule has 2 rings (SSSR count). The van der Waals surface area contributed by atoms with Gasteiger partial charge in [-0.1, -0.05) is 0 Å². The average molecular weight is 327 g/mol. The van der Waals surface area contributed by atoms with Crippen LogP contribution in [-0.2, 0) is 19.6 Å². The van der Waals surface area contributed by atoms with Gasteiger partial charge in [-0.2, -0.15) is 0 Å². The lowest BCUT2D eigenvalue weighted by Crippen LogP contribution is -2.39. The summed E-state index contributed by atoms with van der Waals surface area (Å²) in [6, 6.07) is 0. The van der Waals surface area contributed by atoms with Crippen molar-refractivity contribution in [2.45, 2.75) is 13.3 Å². The number of hydrogen-bond acceptors (Lipinski definition) is 5. The lowest BCUT2D eigenvalue weighted by molar-refractivity contribution is -0.138. The molecule has 0 bridgehead atoms. The predicted molar refractivity (Wildman–Crippen MR) is 79.7 cm³/mol. The van der Waals surface area contributed by atoms with Crippen LogP contribution in [0.3, 0.4) is 0 Å². The van der Waals surface area contributed by atoms with E-state index in [1.165, 1.54) is 17.1 Å². The highest BCUT2D eigenvalue weighted by molar-refractivity contribution is 7.90. The summed E-state index contributed by atoms with van der Waals surface area (Å²) in [6.07, 6.45) is 4.42. The molecule has 120 valence electrons. The summed E-state index contributed by atoms with van der Waals surface area (Å²) in [5.41, 5.74) is 0.380. The van der Waals surface area contributed by atoms with Crippen molar-refractivity contribution in [3.8, 4) is 0 Å². The highest BCUT2D eigenvalue weighted by Crippen LogP contribution is 2.17. The zero-order chi connectivity index (χ0) is 16.3. The van der Waals surface area contributed by atoms with Gasteiger partial charge in [0.2, 0.25) is 0 Å². The number of rotatable bonds is 5. The second-order valence-electron chi connectivity index (χ2n) is 4.88. The fraction of sp³-hybridized carbons (Fsp3) is 0.462. The Balaban J connectivity index is 2.14. The van der Waals surface area contributed by atoms with Crippen LogP contribution >= 0.6 is 0 Å². The number of aliphatic carboxylic acids is 1. The lowest BCUT2D eigenvalue weighted by atomic mass is 10.1. The molecule has 0 aromatic heterocycles. The molecule has 0 aliphatic carbocycles. The Morgan fingerprint density at radius 1 is 1.41 bits per heavy atom. The summed E-state index contributed by atoms with van der Waals surface area (Å²) in [6.45, 7) is 2.54. The van der Waals surface area contributed by atoms with E-state index >= 15 is 0 Å². The summed E-state index contributed by atoms with van der Waals surface area (Å²) in [5.74, 6) is -1.06. The van der Waals surface area contributed by atoms with Gasteiger partial charge in [0.25, 0.3) is 15.9 Å². The standard InChI is InChI=1S/C13H17N3O5S/c1-2-15(6-5-12(17)18)13(19)10-3-4-11-14-22(20,21)8-7-16(11)9-10/h3-4,9H,2,5-8H2,1H3,(H,17,18). The Kier molecular flexibility index (Phi) is 4.65. The quantitative estimate of drug-likeness (QED) is 0.750. The van der Waals surface area contributed by atoms with Crippen molar-refractivity contribution in [1.29, 1.82) is 0 Å². The maximum atomic E-state index is 12.4. The van der Waals surface area contributed by atoms with Gasteiger partial charge in [-0.25, -0.2) is 8.42 Å². The molecule has 0 atom stereocenters. The van der Waals surface area contributed by atoms with E-state index in [9.17, 15) is 18.0 Å². The van der Waals surface area contributed by atoms with E-state index in [0.717, 1.165) is 0 Å². The third-order valence-electron chi connectivity index (χ3n) is 3.34. The van der Waals surface area contributed by atoms with Crippen molar-refractivity contribution in [3.63, 3.8) is 0 Å². The number of carbonyl (C=O) groups excluding carboxylic acids is 1. The van der Waals surface area contributed by atoms with Crippen LogP contribution in [0.4, 0.5) is 0 Å². The Labute approximate surface area is 128 Å². The van der Waals surface area contributed by atoms with Crippen LogP contribution in [0, 0.1) is 0 Å². The lowest BCUT2D eigenvalue weighted by Gasteiger charge is -2.28. The summed E-state index contributed by atoms with van der Waals surface area (Å²) >= 11 is 0. The van der Waals surface area contributed by atoms with Crippen molar-refractivity contribution in [2.75, 3.05) is 25.4 Å². The molecule has 0 saturated carbocycles. The Hall–Kier alpha value is -2.16. The first kappa shape index (κ1) is 16.2.